The van der Waals surface area contributed by atoms with Crippen molar-refractivity contribution in [2.24, 2.45) is 0 Å². The van der Waals surface area contributed by atoms with E-state index in [-0.39, 0.29) is 5.91 Å². The second kappa shape index (κ2) is 6.83. The summed E-state index contributed by atoms with van der Waals surface area (Å²) in [4.78, 5) is 22.7. The molecule has 4 rings (SSSR count). The van der Waals surface area contributed by atoms with Gasteiger partial charge in [0.2, 0.25) is 17.7 Å². The molecule has 1 amide bonds. The molecule has 3 aromatic rings. The van der Waals surface area contributed by atoms with Gasteiger partial charge in [0.05, 0.1) is 13.7 Å². The van der Waals surface area contributed by atoms with Crippen molar-refractivity contribution in [2.75, 3.05) is 18.6 Å². The van der Waals surface area contributed by atoms with E-state index >= 15 is 0 Å². The van der Waals surface area contributed by atoms with Crippen LogP contribution in [0.3, 0.4) is 0 Å². The number of benzene rings is 1. The zero-order valence-corrected chi connectivity index (χ0v) is 14.2. The number of rotatable bonds is 5. The minimum atomic E-state index is -0.216. The minimum absolute atomic E-state index is 0.216. The molecule has 1 aromatic carbocycles. The number of anilines is 1. The largest absolute Gasteiger partial charge is 0.481 e. The smallest absolute Gasteiger partial charge is 0.279 e. The molecule has 1 aliphatic heterocycles. The van der Waals surface area contributed by atoms with Crippen molar-refractivity contribution in [1.29, 1.82) is 0 Å². The molecule has 0 bridgehead atoms. The van der Waals surface area contributed by atoms with E-state index in [0.29, 0.717) is 43.1 Å². The van der Waals surface area contributed by atoms with Gasteiger partial charge in [0.25, 0.3) is 5.91 Å². The van der Waals surface area contributed by atoms with Crippen molar-refractivity contribution in [1.82, 2.24) is 19.7 Å². The van der Waals surface area contributed by atoms with Crippen LogP contribution >= 0.6 is 0 Å². The standard InChI is InChI=1S/C18H17N5O3/c1-25-15-7-8-19-18(20-15)22-9-10-23-14(17(22)24)11-16(21-23)26-12-13-5-3-2-4-6-13/h2-8,11H,9-10,12H2,1H3. The van der Waals surface area contributed by atoms with Crippen molar-refractivity contribution in [3.05, 3.63) is 59.9 Å². The second-order valence-corrected chi connectivity index (χ2v) is 5.72. The molecule has 3 heterocycles. The van der Waals surface area contributed by atoms with E-state index in [0.717, 1.165) is 5.56 Å². The van der Waals surface area contributed by atoms with Crippen LogP contribution in [0.15, 0.2) is 48.7 Å². The number of hydrogen-bond acceptors (Lipinski definition) is 6. The normalized spacial score (nSPS) is 13.4. The monoisotopic (exact) mass is 351 g/mol. The van der Waals surface area contributed by atoms with Crippen molar-refractivity contribution < 1.29 is 14.3 Å². The van der Waals surface area contributed by atoms with E-state index in [1.165, 1.54) is 12.0 Å². The maximum atomic E-state index is 12.8. The average molecular weight is 351 g/mol. The fourth-order valence-corrected chi connectivity index (χ4v) is 2.74. The summed E-state index contributed by atoms with van der Waals surface area (Å²) in [5.74, 6) is 0.930. The van der Waals surface area contributed by atoms with Crippen molar-refractivity contribution in [3.8, 4) is 11.8 Å². The SMILES string of the molecule is COc1ccnc(N2CCn3nc(OCc4ccccc4)cc3C2=O)n1. The highest BCUT2D eigenvalue weighted by Gasteiger charge is 2.29. The number of carbonyl (C=O) groups excluding carboxylic acids is 1. The number of carbonyl (C=O) groups is 1. The van der Waals surface area contributed by atoms with E-state index in [1.54, 1.807) is 23.0 Å². The highest BCUT2D eigenvalue weighted by molar-refractivity contribution is 6.04. The molecular formula is C18H17N5O3. The second-order valence-electron chi connectivity index (χ2n) is 5.72. The molecule has 26 heavy (non-hydrogen) atoms. The molecule has 0 unspecified atom stereocenters. The molecular weight excluding hydrogens is 334 g/mol. The summed E-state index contributed by atoms with van der Waals surface area (Å²) in [6.07, 6.45) is 1.56. The van der Waals surface area contributed by atoms with Gasteiger partial charge in [-0.2, -0.15) is 4.98 Å². The summed E-state index contributed by atoms with van der Waals surface area (Å²) in [6, 6.07) is 13.1. The topological polar surface area (TPSA) is 82.4 Å². The number of nitrogens with zero attached hydrogens (tertiary/aromatic N) is 5. The van der Waals surface area contributed by atoms with Gasteiger partial charge in [-0.25, -0.2) is 4.98 Å². The van der Waals surface area contributed by atoms with Crippen LogP contribution in [0.5, 0.6) is 11.8 Å². The predicted molar refractivity (Wildman–Crippen MR) is 93.3 cm³/mol. The molecule has 132 valence electrons. The zero-order valence-electron chi connectivity index (χ0n) is 14.2. The zero-order chi connectivity index (χ0) is 17.9. The summed E-state index contributed by atoms with van der Waals surface area (Å²) in [6.45, 7) is 1.36. The summed E-state index contributed by atoms with van der Waals surface area (Å²) >= 11 is 0. The average Bonchev–Trinajstić information content (AvgIpc) is 3.12. The molecule has 0 radical (unpaired) electrons. The Morgan fingerprint density at radius 2 is 1.96 bits per heavy atom. The number of fused-ring (bicyclic) bond motifs is 1. The Morgan fingerprint density at radius 1 is 1.12 bits per heavy atom. The van der Waals surface area contributed by atoms with Gasteiger partial charge in [-0.3, -0.25) is 14.4 Å². The van der Waals surface area contributed by atoms with Crippen molar-refractivity contribution >= 4 is 11.9 Å². The first kappa shape index (κ1) is 16.1. The molecule has 0 aliphatic carbocycles. The lowest BCUT2D eigenvalue weighted by molar-refractivity contribution is 0.0960. The Morgan fingerprint density at radius 3 is 2.77 bits per heavy atom. The molecule has 0 saturated carbocycles. The molecule has 0 saturated heterocycles. The van der Waals surface area contributed by atoms with E-state index < -0.39 is 0 Å². The van der Waals surface area contributed by atoms with Crippen LogP contribution in [0.25, 0.3) is 0 Å². The Hall–Kier alpha value is -3.42. The van der Waals surface area contributed by atoms with Crippen molar-refractivity contribution in [3.63, 3.8) is 0 Å². The quantitative estimate of drug-likeness (QED) is 0.698. The van der Waals surface area contributed by atoms with Gasteiger partial charge < -0.3 is 9.47 Å². The van der Waals surface area contributed by atoms with Gasteiger partial charge in [-0.1, -0.05) is 30.3 Å². The first-order chi connectivity index (χ1) is 12.7. The lowest BCUT2D eigenvalue weighted by Crippen LogP contribution is -2.41. The Labute approximate surface area is 150 Å². The van der Waals surface area contributed by atoms with E-state index in [9.17, 15) is 4.79 Å². The van der Waals surface area contributed by atoms with E-state index in [2.05, 4.69) is 15.1 Å². The fraction of sp³-hybridized carbons (Fsp3) is 0.222. The van der Waals surface area contributed by atoms with E-state index in [1.807, 2.05) is 30.3 Å². The lowest BCUT2D eigenvalue weighted by atomic mass is 10.2. The maximum absolute atomic E-state index is 12.8. The van der Waals surface area contributed by atoms with Crippen LogP contribution in [0.2, 0.25) is 0 Å². The lowest BCUT2D eigenvalue weighted by Gasteiger charge is -2.25. The van der Waals surface area contributed by atoms with Gasteiger partial charge in [0.1, 0.15) is 12.3 Å². The molecule has 0 spiro atoms. The Balaban J connectivity index is 1.52. The first-order valence-electron chi connectivity index (χ1n) is 8.18. The number of methoxy groups -OCH3 is 1. The van der Waals surface area contributed by atoms with Crippen LogP contribution < -0.4 is 14.4 Å². The van der Waals surface area contributed by atoms with Gasteiger partial charge in [0.15, 0.2) is 0 Å². The van der Waals surface area contributed by atoms with Crippen LogP contribution in [0.1, 0.15) is 16.1 Å². The molecule has 0 N–H and O–H groups in total. The number of aromatic nitrogens is 4. The van der Waals surface area contributed by atoms with Crippen LogP contribution in [0, 0.1) is 0 Å². The summed E-state index contributed by atoms with van der Waals surface area (Å²) in [7, 11) is 1.52. The minimum Gasteiger partial charge on any atom is -0.481 e. The predicted octanol–water partition coefficient (Wildman–Crippen LogP) is 1.92. The molecule has 2 aromatic heterocycles. The van der Waals surface area contributed by atoms with Crippen LogP contribution in [-0.2, 0) is 13.2 Å². The third-order valence-corrected chi connectivity index (χ3v) is 4.05. The highest BCUT2D eigenvalue weighted by Crippen LogP contribution is 2.22. The van der Waals surface area contributed by atoms with Gasteiger partial charge in [0, 0.05) is 24.9 Å². The van der Waals surface area contributed by atoms with Crippen molar-refractivity contribution in [2.45, 2.75) is 13.2 Å². The molecule has 8 nitrogen and oxygen atoms in total. The van der Waals surface area contributed by atoms with Gasteiger partial charge in [-0.05, 0) is 5.56 Å². The summed E-state index contributed by atoms with van der Waals surface area (Å²) in [5.41, 5.74) is 1.49. The first-order valence-corrected chi connectivity index (χ1v) is 8.18. The molecule has 0 atom stereocenters. The highest BCUT2D eigenvalue weighted by atomic mass is 16.5. The summed E-state index contributed by atoms with van der Waals surface area (Å²) < 4.78 is 12.5. The molecule has 0 fully saturated rings. The Kier molecular flexibility index (Phi) is 4.22. The third kappa shape index (κ3) is 3.08. The van der Waals surface area contributed by atoms with Crippen LogP contribution in [0.4, 0.5) is 5.95 Å². The number of amides is 1. The van der Waals surface area contributed by atoms with Crippen LogP contribution in [-0.4, -0.2) is 39.3 Å². The fourth-order valence-electron chi connectivity index (χ4n) is 2.74. The third-order valence-electron chi connectivity index (χ3n) is 4.05. The van der Waals surface area contributed by atoms with E-state index in [4.69, 9.17) is 9.47 Å². The summed E-state index contributed by atoms with van der Waals surface area (Å²) in [5, 5.41) is 4.36. The molecule has 1 aliphatic rings. The molecule has 8 heteroatoms. The Bertz CT molecular complexity index is 926. The number of hydrogen-bond donors (Lipinski definition) is 0. The number of ether oxygens (including phenoxy) is 2. The van der Waals surface area contributed by atoms with Gasteiger partial charge in [-0.15, -0.1) is 5.10 Å². The maximum Gasteiger partial charge on any atom is 0.279 e. The van der Waals surface area contributed by atoms with Gasteiger partial charge >= 0.3 is 0 Å².